The number of aromatic nitrogens is 2. The summed E-state index contributed by atoms with van der Waals surface area (Å²) in [7, 11) is 0. The minimum atomic E-state index is -0.423. The molecular formula is C15H13ClN4O2. The molecular weight excluding hydrogens is 304 g/mol. The van der Waals surface area contributed by atoms with E-state index in [0.29, 0.717) is 23.6 Å². The van der Waals surface area contributed by atoms with Gasteiger partial charge in [-0.2, -0.15) is 0 Å². The van der Waals surface area contributed by atoms with Crippen molar-refractivity contribution in [3.8, 4) is 11.3 Å². The molecule has 2 N–H and O–H groups in total. The quantitative estimate of drug-likeness (QED) is 0.592. The Bertz CT molecular complexity index is 843. The Kier molecular flexibility index (Phi) is 3.79. The van der Waals surface area contributed by atoms with Gasteiger partial charge in [-0.25, -0.2) is 4.98 Å². The number of imidazole rings is 1. The number of rotatable bonds is 4. The molecule has 0 bridgehead atoms. The third-order valence-electron chi connectivity index (χ3n) is 3.41. The van der Waals surface area contributed by atoms with Crippen LogP contribution in [0.1, 0.15) is 5.69 Å². The molecule has 1 aromatic carbocycles. The second-order valence-corrected chi connectivity index (χ2v) is 5.26. The Balaban J connectivity index is 2.23. The van der Waals surface area contributed by atoms with Crippen LogP contribution in [0, 0.1) is 10.1 Å². The lowest BCUT2D eigenvalue weighted by Gasteiger charge is -2.04. The standard InChI is InChI=1S/C15H13ClN4O2/c16-11-3-1-10(2-4-11)15-13(7-8-17)19-9-12(20(21)22)5-6-14(19)18-15/h1-6,9H,7-8,17H2. The van der Waals surface area contributed by atoms with Gasteiger partial charge in [0.1, 0.15) is 5.65 Å². The van der Waals surface area contributed by atoms with Crippen molar-refractivity contribution in [3.63, 3.8) is 0 Å². The first-order valence-electron chi connectivity index (χ1n) is 6.71. The SMILES string of the molecule is NCCc1c(-c2ccc(Cl)cc2)nc2ccc([N+](=O)[O-])cn12. The van der Waals surface area contributed by atoms with Gasteiger partial charge in [0, 0.05) is 23.1 Å². The first-order valence-corrected chi connectivity index (χ1v) is 7.09. The molecule has 0 aliphatic carbocycles. The van der Waals surface area contributed by atoms with Gasteiger partial charge in [-0.05, 0) is 24.7 Å². The minimum absolute atomic E-state index is 0.0193. The Hall–Kier alpha value is -2.44. The van der Waals surface area contributed by atoms with Crippen LogP contribution >= 0.6 is 11.6 Å². The highest BCUT2D eigenvalue weighted by Gasteiger charge is 2.16. The highest BCUT2D eigenvalue weighted by molar-refractivity contribution is 6.30. The van der Waals surface area contributed by atoms with Gasteiger partial charge in [-0.15, -0.1) is 0 Å². The molecule has 22 heavy (non-hydrogen) atoms. The van der Waals surface area contributed by atoms with Crippen LogP contribution in [0.2, 0.25) is 5.02 Å². The molecule has 0 saturated heterocycles. The molecule has 0 atom stereocenters. The molecule has 0 aliphatic heterocycles. The summed E-state index contributed by atoms with van der Waals surface area (Å²) in [6.07, 6.45) is 2.05. The van der Waals surface area contributed by atoms with Gasteiger partial charge in [0.2, 0.25) is 0 Å². The normalized spacial score (nSPS) is 11.0. The van der Waals surface area contributed by atoms with E-state index in [1.165, 1.54) is 12.3 Å². The fraction of sp³-hybridized carbons (Fsp3) is 0.133. The van der Waals surface area contributed by atoms with Crippen LogP contribution in [-0.4, -0.2) is 20.9 Å². The van der Waals surface area contributed by atoms with E-state index in [9.17, 15) is 10.1 Å². The van der Waals surface area contributed by atoms with Gasteiger partial charge in [0.15, 0.2) is 0 Å². The first-order chi connectivity index (χ1) is 10.6. The smallest absolute Gasteiger partial charge is 0.286 e. The average Bonchev–Trinajstić information content (AvgIpc) is 2.86. The number of nitro groups is 1. The predicted octanol–water partition coefficient (Wildman–Crippen LogP) is 3.06. The molecule has 2 heterocycles. The molecule has 3 aromatic rings. The lowest BCUT2D eigenvalue weighted by atomic mass is 10.1. The fourth-order valence-electron chi connectivity index (χ4n) is 2.40. The molecule has 0 spiro atoms. The van der Waals surface area contributed by atoms with Crippen molar-refractivity contribution in [2.24, 2.45) is 5.73 Å². The molecule has 0 fully saturated rings. The third kappa shape index (κ3) is 2.54. The fourth-order valence-corrected chi connectivity index (χ4v) is 2.53. The van der Waals surface area contributed by atoms with E-state index in [-0.39, 0.29) is 5.69 Å². The molecule has 0 saturated carbocycles. The number of fused-ring (bicyclic) bond motifs is 1. The average molecular weight is 317 g/mol. The van der Waals surface area contributed by atoms with Gasteiger partial charge in [-0.3, -0.25) is 14.5 Å². The van der Waals surface area contributed by atoms with E-state index in [2.05, 4.69) is 4.98 Å². The van der Waals surface area contributed by atoms with Crippen LogP contribution in [0.25, 0.3) is 16.9 Å². The van der Waals surface area contributed by atoms with Gasteiger partial charge >= 0.3 is 0 Å². The molecule has 0 radical (unpaired) electrons. The molecule has 112 valence electrons. The van der Waals surface area contributed by atoms with Gasteiger partial charge in [0.05, 0.1) is 22.5 Å². The summed E-state index contributed by atoms with van der Waals surface area (Å²) >= 11 is 5.91. The van der Waals surface area contributed by atoms with Crippen molar-refractivity contribution >= 4 is 22.9 Å². The van der Waals surface area contributed by atoms with Crippen molar-refractivity contribution < 1.29 is 4.92 Å². The predicted molar refractivity (Wildman–Crippen MR) is 85.1 cm³/mol. The second-order valence-electron chi connectivity index (χ2n) is 4.83. The topological polar surface area (TPSA) is 86.5 Å². The molecule has 2 aromatic heterocycles. The van der Waals surface area contributed by atoms with Gasteiger partial charge < -0.3 is 5.73 Å². The van der Waals surface area contributed by atoms with Crippen LogP contribution in [0.15, 0.2) is 42.6 Å². The van der Waals surface area contributed by atoms with Crippen LogP contribution in [-0.2, 0) is 6.42 Å². The van der Waals surface area contributed by atoms with Crippen LogP contribution in [0.3, 0.4) is 0 Å². The lowest BCUT2D eigenvalue weighted by molar-refractivity contribution is -0.385. The zero-order valence-electron chi connectivity index (χ0n) is 11.6. The second kappa shape index (κ2) is 5.75. The summed E-state index contributed by atoms with van der Waals surface area (Å²) in [4.78, 5) is 15.1. The molecule has 0 amide bonds. The number of benzene rings is 1. The van der Waals surface area contributed by atoms with E-state index < -0.39 is 4.92 Å². The lowest BCUT2D eigenvalue weighted by Crippen LogP contribution is -2.06. The van der Waals surface area contributed by atoms with E-state index in [0.717, 1.165) is 17.0 Å². The van der Waals surface area contributed by atoms with E-state index in [4.69, 9.17) is 17.3 Å². The van der Waals surface area contributed by atoms with E-state index >= 15 is 0 Å². The van der Waals surface area contributed by atoms with Crippen molar-refractivity contribution in [2.45, 2.75) is 6.42 Å². The highest BCUT2D eigenvalue weighted by Crippen LogP contribution is 2.27. The van der Waals surface area contributed by atoms with Crippen molar-refractivity contribution in [1.82, 2.24) is 9.38 Å². The summed E-state index contributed by atoms with van der Waals surface area (Å²) in [5.74, 6) is 0. The maximum atomic E-state index is 11.0. The largest absolute Gasteiger partial charge is 0.330 e. The van der Waals surface area contributed by atoms with Crippen LogP contribution in [0.4, 0.5) is 5.69 Å². The number of pyridine rings is 1. The zero-order valence-corrected chi connectivity index (χ0v) is 12.3. The van der Waals surface area contributed by atoms with Gasteiger partial charge in [-0.1, -0.05) is 23.7 Å². The first kappa shape index (κ1) is 14.5. The molecule has 6 nitrogen and oxygen atoms in total. The Morgan fingerprint density at radius 3 is 2.59 bits per heavy atom. The monoisotopic (exact) mass is 316 g/mol. The summed E-state index contributed by atoms with van der Waals surface area (Å²) in [6, 6.07) is 10.4. The van der Waals surface area contributed by atoms with Crippen LogP contribution in [0.5, 0.6) is 0 Å². The summed E-state index contributed by atoms with van der Waals surface area (Å²) in [5, 5.41) is 11.6. The molecule has 7 heteroatoms. The highest BCUT2D eigenvalue weighted by atomic mass is 35.5. The van der Waals surface area contributed by atoms with Crippen molar-refractivity contribution in [1.29, 1.82) is 0 Å². The van der Waals surface area contributed by atoms with Crippen molar-refractivity contribution in [2.75, 3.05) is 6.54 Å². The minimum Gasteiger partial charge on any atom is -0.330 e. The maximum absolute atomic E-state index is 11.0. The summed E-state index contributed by atoms with van der Waals surface area (Å²) in [5.41, 5.74) is 8.87. The maximum Gasteiger partial charge on any atom is 0.286 e. The summed E-state index contributed by atoms with van der Waals surface area (Å²) in [6.45, 7) is 0.428. The number of nitrogens with two attached hydrogens (primary N) is 1. The van der Waals surface area contributed by atoms with Crippen molar-refractivity contribution in [3.05, 3.63) is 63.4 Å². The molecule has 0 unspecified atom stereocenters. The van der Waals surface area contributed by atoms with E-state index in [1.807, 2.05) is 12.1 Å². The number of hydrogen-bond donors (Lipinski definition) is 1. The Labute approximate surface area is 131 Å². The zero-order chi connectivity index (χ0) is 15.7. The Morgan fingerprint density at radius 2 is 1.95 bits per heavy atom. The van der Waals surface area contributed by atoms with Crippen LogP contribution < -0.4 is 5.73 Å². The summed E-state index contributed by atoms with van der Waals surface area (Å²) < 4.78 is 1.73. The number of halogens is 1. The third-order valence-corrected chi connectivity index (χ3v) is 3.66. The number of hydrogen-bond acceptors (Lipinski definition) is 4. The molecule has 3 rings (SSSR count). The molecule has 0 aliphatic rings. The number of nitrogens with zero attached hydrogens (tertiary/aromatic N) is 3. The van der Waals surface area contributed by atoms with E-state index in [1.54, 1.807) is 22.6 Å². The Morgan fingerprint density at radius 1 is 1.23 bits per heavy atom. The van der Waals surface area contributed by atoms with Gasteiger partial charge in [0.25, 0.3) is 5.69 Å².